The van der Waals surface area contributed by atoms with Crippen LogP contribution in [0.25, 0.3) is 0 Å². The number of hydrogen-bond acceptors (Lipinski definition) is 1. The van der Waals surface area contributed by atoms with E-state index >= 15 is 0 Å². The van der Waals surface area contributed by atoms with Gasteiger partial charge in [-0.2, -0.15) is 0 Å². The molecule has 0 saturated carbocycles. The topological polar surface area (TPSA) is 20.3 Å². The first kappa shape index (κ1) is 7.95. The molecule has 9 heavy (non-hydrogen) atoms. The number of rotatable bonds is 4. The molecular formula is C7H10NO. The van der Waals surface area contributed by atoms with Crippen LogP contribution in [0.4, 0.5) is 0 Å². The van der Waals surface area contributed by atoms with E-state index in [2.05, 4.69) is 6.58 Å². The van der Waals surface area contributed by atoms with Gasteiger partial charge in [0.25, 0.3) is 0 Å². The zero-order valence-corrected chi connectivity index (χ0v) is 5.50. The van der Waals surface area contributed by atoms with Crippen LogP contribution in [0, 0.1) is 0 Å². The maximum Gasteiger partial charge on any atom is 0.316 e. The summed E-state index contributed by atoms with van der Waals surface area (Å²) in [5.74, 6) is 0. The third kappa shape index (κ3) is 3.53. The van der Waals surface area contributed by atoms with Crippen LogP contribution in [0.2, 0.25) is 0 Å². The molecule has 0 rings (SSSR count). The molecule has 0 aliphatic heterocycles. The molecule has 0 aromatic carbocycles. The molecule has 0 bridgehead atoms. The van der Waals surface area contributed by atoms with Gasteiger partial charge in [0.15, 0.2) is 0 Å². The van der Waals surface area contributed by atoms with Crippen LogP contribution in [0.5, 0.6) is 0 Å². The maximum atomic E-state index is 9.99. The third-order valence-corrected chi connectivity index (χ3v) is 0.772. The van der Waals surface area contributed by atoms with Gasteiger partial charge >= 0.3 is 6.41 Å². The zero-order chi connectivity index (χ0) is 7.11. The smallest absolute Gasteiger partial charge is 0.307 e. The Morgan fingerprint density at radius 2 is 2.44 bits per heavy atom. The van der Waals surface area contributed by atoms with Gasteiger partial charge in [-0.3, -0.25) is 4.79 Å². The van der Waals surface area contributed by atoms with Crippen molar-refractivity contribution in [2.75, 3.05) is 6.54 Å². The van der Waals surface area contributed by atoms with E-state index in [0.717, 1.165) is 0 Å². The summed E-state index contributed by atoms with van der Waals surface area (Å²) in [6, 6.07) is 0. The lowest BCUT2D eigenvalue weighted by Crippen LogP contribution is -2.13. The van der Waals surface area contributed by atoms with Crippen molar-refractivity contribution in [1.29, 1.82) is 0 Å². The van der Waals surface area contributed by atoms with E-state index in [1.165, 1.54) is 4.90 Å². The van der Waals surface area contributed by atoms with Crippen molar-refractivity contribution >= 4 is 6.41 Å². The van der Waals surface area contributed by atoms with E-state index in [1.54, 1.807) is 24.8 Å². The highest BCUT2D eigenvalue weighted by molar-refractivity contribution is 5.50. The number of nitrogens with zero attached hydrogens (tertiary/aromatic N) is 1. The predicted octanol–water partition coefficient (Wildman–Crippen LogP) is 1.08. The van der Waals surface area contributed by atoms with Crippen LogP contribution in [-0.2, 0) is 4.79 Å². The summed E-state index contributed by atoms with van der Waals surface area (Å²) in [5.41, 5.74) is 0. The minimum atomic E-state index is 0.522. The number of allylic oxidation sites excluding steroid dienone is 1. The van der Waals surface area contributed by atoms with Gasteiger partial charge < -0.3 is 4.90 Å². The Balaban J connectivity index is 3.66. The molecular weight excluding hydrogens is 114 g/mol. The van der Waals surface area contributed by atoms with Crippen LogP contribution in [0.1, 0.15) is 6.92 Å². The van der Waals surface area contributed by atoms with Crippen LogP contribution in [0.3, 0.4) is 0 Å². The van der Waals surface area contributed by atoms with Crippen molar-refractivity contribution in [2.45, 2.75) is 6.92 Å². The highest BCUT2D eigenvalue weighted by Gasteiger charge is 1.89. The Morgan fingerprint density at radius 3 is 2.78 bits per heavy atom. The fourth-order valence-electron chi connectivity index (χ4n) is 0.448. The standard InChI is InChI=1S/C7H10NO/c1-3-5-8(7-9)6-4-2/h3-4,6H,1,5H2,2H3/b6-4-. The lowest BCUT2D eigenvalue weighted by atomic mass is 10.5. The SMILES string of the molecule is C=CCN([C]=O)/C=C\C. The van der Waals surface area contributed by atoms with Gasteiger partial charge in [0.1, 0.15) is 0 Å². The van der Waals surface area contributed by atoms with Crippen LogP contribution >= 0.6 is 0 Å². The molecule has 0 N–H and O–H groups in total. The molecule has 2 nitrogen and oxygen atoms in total. The van der Waals surface area contributed by atoms with Gasteiger partial charge in [-0.1, -0.05) is 12.2 Å². The zero-order valence-electron chi connectivity index (χ0n) is 5.50. The van der Waals surface area contributed by atoms with Crippen LogP contribution in [-0.4, -0.2) is 17.9 Å². The molecule has 1 radical (unpaired) electrons. The normalized spacial score (nSPS) is 9.44. The quantitative estimate of drug-likeness (QED) is 0.405. The predicted molar refractivity (Wildman–Crippen MR) is 37.4 cm³/mol. The first-order valence-corrected chi connectivity index (χ1v) is 2.73. The lowest BCUT2D eigenvalue weighted by Gasteiger charge is -2.04. The second-order valence-electron chi connectivity index (χ2n) is 1.51. The summed E-state index contributed by atoms with van der Waals surface area (Å²) >= 11 is 0. The van der Waals surface area contributed by atoms with Gasteiger partial charge in [0, 0.05) is 12.7 Å². The average molecular weight is 124 g/mol. The second kappa shape index (κ2) is 5.09. The van der Waals surface area contributed by atoms with Crippen LogP contribution < -0.4 is 0 Å². The fraction of sp³-hybridized carbons (Fsp3) is 0.286. The molecule has 0 aromatic rings. The molecule has 0 heterocycles. The molecule has 0 aliphatic rings. The van der Waals surface area contributed by atoms with Gasteiger partial charge in [-0.25, -0.2) is 0 Å². The molecule has 0 fully saturated rings. The van der Waals surface area contributed by atoms with Gasteiger partial charge in [0.2, 0.25) is 0 Å². The number of amides is 1. The average Bonchev–Trinajstić information content (AvgIpc) is 1.88. The minimum Gasteiger partial charge on any atom is -0.307 e. The van der Waals surface area contributed by atoms with Crippen molar-refractivity contribution in [1.82, 2.24) is 4.90 Å². The van der Waals surface area contributed by atoms with Crippen LogP contribution in [0.15, 0.2) is 24.9 Å². The molecule has 0 saturated heterocycles. The van der Waals surface area contributed by atoms with Gasteiger partial charge in [0.05, 0.1) is 0 Å². The van der Waals surface area contributed by atoms with E-state index in [1.807, 2.05) is 6.92 Å². The molecule has 1 amide bonds. The van der Waals surface area contributed by atoms with Gasteiger partial charge in [-0.05, 0) is 6.92 Å². The van der Waals surface area contributed by atoms with E-state index in [0.29, 0.717) is 6.54 Å². The Kier molecular flexibility index (Phi) is 4.50. The summed E-state index contributed by atoms with van der Waals surface area (Å²) in [7, 11) is 0. The second-order valence-corrected chi connectivity index (χ2v) is 1.51. The fourth-order valence-corrected chi connectivity index (χ4v) is 0.448. The van der Waals surface area contributed by atoms with Crippen molar-refractivity contribution in [3.8, 4) is 0 Å². The summed E-state index contributed by atoms with van der Waals surface area (Å²) in [6.45, 7) is 5.84. The molecule has 0 unspecified atom stereocenters. The highest BCUT2D eigenvalue weighted by Crippen LogP contribution is 1.83. The molecule has 0 spiro atoms. The van der Waals surface area contributed by atoms with E-state index in [4.69, 9.17) is 0 Å². The monoisotopic (exact) mass is 124 g/mol. The molecule has 0 aliphatic carbocycles. The maximum absolute atomic E-state index is 9.99. The Hall–Kier alpha value is -1.05. The Morgan fingerprint density at radius 1 is 1.78 bits per heavy atom. The Bertz CT molecular complexity index is 118. The molecule has 0 atom stereocenters. The lowest BCUT2D eigenvalue weighted by molar-refractivity contribution is 0.483. The van der Waals surface area contributed by atoms with Crippen molar-refractivity contribution in [3.63, 3.8) is 0 Å². The van der Waals surface area contributed by atoms with E-state index in [9.17, 15) is 4.79 Å². The summed E-state index contributed by atoms with van der Waals surface area (Å²) in [4.78, 5) is 11.4. The third-order valence-electron chi connectivity index (χ3n) is 0.772. The van der Waals surface area contributed by atoms with Crippen molar-refractivity contribution in [2.24, 2.45) is 0 Å². The Labute approximate surface area is 55.5 Å². The largest absolute Gasteiger partial charge is 0.316 e. The van der Waals surface area contributed by atoms with E-state index < -0.39 is 0 Å². The summed E-state index contributed by atoms with van der Waals surface area (Å²) in [6.07, 6.45) is 6.79. The molecule has 49 valence electrons. The minimum absolute atomic E-state index is 0.522. The summed E-state index contributed by atoms with van der Waals surface area (Å²) in [5, 5.41) is 0. The first-order valence-electron chi connectivity index (χ1n) is 2.73. The number of hydrogen-bond donors (Lipinski definition) is 0. The molecule has 2 heteroatoms. The number of carbonyl (C=O) groups excluding carboxylic acids is 1. The molecule has 0 aromatic heterocycles. The van der Waals surface area contributed by atoms with Gasteiger partial charge in [-0.15, -0.1) is 6.58 Å². The first-order chi connectivity index (χ1) is 4.35. The van der Waals surface area contributed by atoms with E-state index in [-0.39, 0.29) is 0 Å². The highest BCUT2D eigenvalue weighted by atomic mass is 16.1. The summed E-state index contributed by atoms with van der Waals surface area (Å²) < 4.78 is 0. The van der Waals surface area contributed by atoms with Crippen molar-refractivity contribution in [3.05, 3.63) is 24.9 Å². The van der Waals surface area contributed by atoms with Crippen molar-refractivity contribution < 1.29 is 4.79 Å².